The molecule has 0 aromatic carbocycles. The molecule has 3 N–H and O–H groups in total. The molecule has 15 heteroatoms. The fourth-order valence-electron chi connectivity index (χ4n) is 9.70. The summed E-state index contributed by atoms with van der Waals surface area (Å²) < 4.78 is 35.3. The summed E-state index contributed by atoms with van der Waals surface area (Å²) in [6.45, 7) is 6.19. The van der Waals surface area contributed by atoms with Crippen LogP contribution < -0.4 is 16.0 Å². The standard InChI is InChI=1S/C35H56FN7O7/c1-40(2)10-4-3-8-38-35(45)23-20-42-27-19-29-26(39-25-7-6-21(43(46)47)16-28(25)49-29)18-30(27)50-34-31(24(36)17-22(32(34)42)33(23)44)37-9-5-11-41-12-14-48-15-13-41/h20-22,24-32,34,37,39H,3-19H2,1-2H3,(H,38,45). The lowest BCUT2D eigenvalue weighted by atomic mass is 9.69. The van der Waals surface area contributed by atoms with Crippen LogP contribution in [0.1, 0.15) is 57.8 Å². The van der Waals surface area contributed by atoms with Gasteiger partial charge in [0, 0.05) is 61.6 Å². The fraction of sp³-hybridized carbons (Fsp3) is 0.886. The molecule has 0 radical (unpaired) electrons. The zero-order valence-corrected chi connectivity index (χ0v) is 29.6. The maximum atomic E-state index is 16.3. The first kappa shape index (κ1) is 36.1. The lowest BCUT2D eigenvalue weighted by Gasteiger charge is -2.61. The van der Waals surface area contributed by atoms with E-state index in [0.717, 1.165) is 58.7 Å². The number of fused-ring (bicyclic) bond motifs is 4. The van der Waals surface area contributed by atoms with Gasteiger partial charge in [0.1, 0.15) is 6.17 Å². The molecule has 7 rings (SSSR count). The number of ether oxygens (including phenoxy) is 3. The summed E-state index contributed by atoms with van der Waals surface area (Å²) in [7, 11) is 4.02. The van der Waals surface area contributed by atoms with Gasteiger partial charge in [0.05, 0.1) is 61.3 Å². The molecule has 1 amide bonds. The Labute approximate surface area is 294 Å². The minimum absolute atomic E-state index is 0.00188. The van der Waals surface area contributed by atoms with Crippen LogP contribution in [0.2, 0.25) is 0 Å². The number of carbonyl (C=O) groups is 2. The van der Waals surface area contributed by atoms with Crippen molar-refractivity contribution in [2.45, 2.75) is 125 Å². The Balaban J connectivity index is 1.09. The lowest BCUT2D eigenvalue weighted by Crippen LogP contribution is -2.75. The van der Waals surface area contributed by atoms with Gasteiger partial charge in [0.15, 0.2) is 5.78 Å². The molecule has 0 aromatic rings. The van der Waals surface area contributed by atoms with E-state index >= 15 is 4.39 Å². The van der Waals surface area contributed by atoms with E-state index in [1.54, 1.807) is 6.20 Å². The first-order valence-electron chi connectivity index (χ1n) is 19.0. The van der Waals surface area contributed by atoms with Crippen LogP contribution in [0.4, 0.5) is 4.39 Å². The third kappa shape index (κ3) is 7.60. The second kappa shape index (κ2) is 15.8. The van der Waals surface area contributed by atoms with E-state index < -0.39 is 42.2 Å². The molecule has 4 aliphatic heterocycles. The van der Waals surface area contributed by atoms with Crippen LogP contribution >= 0.6 is 0 Å². The summed E-state index contributed by atoms with van der Waals surface area (Å²) in [5, 5.41) is 21.8. The quantitative estimate of drug-likeness (QED) is 0.112. The molecular formula is C35H56FN7O7. The fourth-order valence-corrected chi connectivity index (χ4v) is 9.70. The molecule has 0 aromatic heterocycles. The third-order valence-corrected chi connectivity index (χ3v) is 12.3. The predicted molar refractivity (Wildman–Crippen MR) is 182 cm³/mol. The van der Waals surface area contributed by atoms with Gasteiger partial charge in [-0.3, -0.25) is 24.6 Å². The predicted octanol–water partition coefficient (Wildman–Crippen LogP) is 0.473. The maximum Gasteiger partial charge on any atom is 0.256 e. The van der Waals surface area contributed by atoms with Crippen molar-refractivity contribution in [1.82, 2.24) is 30.7 Å². The zero-order valence-electron chi connectivity index (χ0n) is 29.6. The normalized spacial score (nSPS) is 39.9. The lowest BCUT2D eigenvalue weighted by molar-refractivity contribution is -0.529. The van der Waals surface area contributed by atoms with E-state index in [4.69, 9.17) is 14.2 Å². The number of amides is 1. The highest BCUT2D eigenvalue weighted by molar-refractivity contribution is 6.20. The number of hydrogen-bond donors (Lipinski definition) is 3. The Morgan fingerprint density at radius 3 is 2.62 bits per heavy atom. The molecule has 50 heavy (non-hydrogen) atoms. The van der Waals surface area contributed by atoms with Gasteiger partial charge in [0.2, 0.25) is 6.04 Å². The van der Waals surface area contributed by atoms with E-state index in [2.05, 4.69) is 30.7 Å². The molecule has 7 aliphatic rings. The SMILES string of the molecule is CN(C)CCCCNC(=O)C1=CN2C3CC4OC5CC([N+](=O)[O-])CCC5NC4CC3OC3C(NCCCN4CCOCC4)C(F)CC(C1=O)C32. The van der Waals surface area contributed by atoms with E-state index in [1.807, 2.05) is 14.1 Å². The second-order valence-corrected chi connectivity index (χ2v) is 15.8. The Bertz CT molecular complexity index is 1270. The molecule has 3 saturated heterocycles. The second-order valence-electron chi connectivity index (χ2n) is 15.8. The number of alkyl halides is 1. The minimum atomic E-state index is -1.30. The number of ketones is 1. The minimum Gasteiger partial charge on any atom is -0.379 e. The molecule has 3 saturated carbocycles. The van der Waals surface area contributed by atoms with Gasteiger partial charge in [-0.25, -0.2) is 4.39 Å². The van der Waals surface area contributed by atoms with Gasteiger partial charge in [0.25, 0.3) is 5.91 Å². The highest BCUT2D eigenvalue weighted by Gasteiger charge is 2.60. The summed E-state index contributed by atoms with van der Waals surface area (Å²) in [5.41, 5.74) is 0.0911. The molecule has 0 bridgehead atoms. The van der Waals surface area contributed by atoms with Crippen molar-refractivity contribution < 1.29 is 33.1 Å². The van der Waals surface area contributed by atoms with Crippen LogP contribution in [0.3, 0.4) is 0 Å². The number of unbranched alkanes of at least 4 members (excludes halogenated alkanes) is 1. The molecule has 280 valence electrons. The van der Waals surface area contributed by atoms with Gasteiger partial charge < -0.3 is 40.0 Å². The van der Waals surface area contributed by atoms with Gasteiger partial charge in [-0.1, -0.05) is 0 Å². The summed E-state index contributed by atoms with van der Waals surface area (Å²) >= 11 is 0. The largest absolute Gasteiger partial charge is 0.379 e. The number of nitro groups is 1. The number of hydrogen-bond acceptors (Lipinski definition) is 12. The number of morpholine rings is 3. The average molecular weight is 706 g/mol. The van der Waals surface area contributed by atoms with E-state index in [9.17, 15) is 19.7 Å². The molecule has 14 nitrogen and oxygen atoms in total. The van der Waals surface area contributed by atoms with Gasteiger partial charge in [-0.15, -0.1) is 0 Å². The first-order chi connectivity index (χ1) is 24.2. The van der Waals surface area contributed by atoms with E-state index in [0.29, 0.717) is 45.2 Å². The van der Waals surface area contributed by atoms with Crippen LogP contribution in [0.25, 0.3) is 0 Å². The molecular weight excluding hydrogens is 649 g/mol. The third-order valence-electron chi connectivity index (χ3n) is 12.3. The van der Waals surface area contributed by atoms with Crippen molar-refractivity contribution in [2.75, 3.05) is 66.6 Å². The monoisotopic (exact) mass is 705 g/mol. The molecule has 0 spiro atoms. The summed E-state index contributed by atoms with van der Waals surface area (Å²) in [5.74, 6) is -1.41. The highest BCUT2D eigenvalue weighted by Crippen LogP contribution is 2.47. The van der Waals surface area contributed by atoms with Gasteiger partial charge >= 0.3 is 0 Å². The Hall–Kier alpha value is -2.27. The molecule has 12 unspecified atom stereocenters. The summed E-state index contributed by atoms with van der Waals surface area (Å²) in [6.07, 6.45) is 4.63. The van der Waals surface area contributed by atoms with Crippen molar-refractivity contribution in [3.63, 3.8) is 0 Å². The smallest absolute Gasteiger partial charge is 0.256 e. The van der Waals surface area contributed by atoms with Crippen LogP contribution in [0, 0.1) is 16.0 Å². The first-order valence-corrected chi connectivity index (χ1v) is 19.0. The van der Waals surface area contributed by atoms with Gasteiger partial charge in [-0.2, -0.15) is 0 Å². The van der Waals surface area contributed by atoms with Crippen LogP contribution in [-0.4, -0.2) is 165 Å². The molecule has 3 aliphatic carbocycles. The Morgan fingerprint density at radius 2 is 1.84 bits per heavy atom. The van der Waals surface area contributed by atoms with Crippen LogP contribution in [-0.2, 0) is 23.8 Å². The van der Waals surface area contributed by atoms with Crippen molar-refractivity contribution >= 4 is 11.7 Å². The number of carbonyl (C=O) groups excluding carboxylic acids is 2. The average Bonchev–Trinajstić information content (AvgIpc) is 3.10. The summed E-state index contributed by atoms with van der Waals surface area (Å²) in [4.78, 5) is 45.6. The molecule has 4 heterocycles. The number of Topliss-reactive ketones (excluding diaryl/α,β-unsaturated/α-hetero) is 1. The topological polar surface area (TPSA) is 151 Å². The van der Waals surface area contributed by atoms with Crippen LogP contribution in [0.5, 0.6) is 0 Å². The maximum absolute atomic E-state index is 16.3. The summed E-state index contributed by atoms with van der Waals surface area (Å²) in [6, 6.07) is -1.70. The number of nitrogens with zero attached hydrogens (tertiary/aromatic N) is 4. The van der Waals surface area contributed by atoms with Crippen molar-refractivity contribution in [1.29, 1.82) is 0 Å². The van der Waals surface area contributed by atoms with E-state index in [-0.39, 0.29) is 59.1 Å². The Morgan fingerprint density at radius 1 is 1.04 bits per heavy atom. The highest BCUT2D eigenvalue weighted by atomic mass is 19.1. The van der Waals surface area contributed by atoms with Crippen molar-refractivity contribution in [3.8, 4) is 0 Å². The van der Waals surface area contributed by atoms with Crippen LogP contribution in [0.15, 0.2) is 11.8 Å². The molecule has 6 fully saturated rings. The van der Waals surface area contributed by atoms with Crippen molar-refractivity contribution in [2.24, 2.45) is 5.92 Å². The zero-order chi connectivity index (χ0) is 34.9. The van der Waals surface area contributed by atoms with E-state index in [1.165, 1.54) is 0 Å². The number of halogens is 1. The Kier molecular flexibility index (Phi) is 11.4. The van der Waals surface area contributed by atoms with Crippen molar-refractivity contribution in [3.05, 3.63) is 21.9 Å². The number of nitrogens with one attached hydrogen (secondary N) is 3. The van der Waals surface area contributed by atoms with Gasteiger partial charge in [-0.05, 0) is 78.7 Å². The number of rotatable bonds is 12. The molecule has 12 atom stereocenters.